The molecule has 0 aromatic rings. The second-order valence-electron chi connectivity index (χ2n) is 17.3. The fourth-order valence-corrected chi connectivity index (χ4v) is 13.8. The van der Waals surface area contributed by atoms with E-state index in [-0.39, 0.29) is 73.9 Å². The van der Waals surface area contributed by atoms with Gasteiger partial charge >= 0.3 is 17.9 Å². The SMILES string of the molecule is C.C.C.C.C.C.CC(=O)C1CC2CC1C1C3CC(C(C)C3C3C(=O)OC(=O)C3CCC(C)(C)C(=O)OC3(C)CC4CC3C3CCCC43)C21. The summed E-state index contributed by atoms with van der Waals surface area (Å²) in [7, 11) is 0. The van der Waals surface area contributed by atoms with Crippen molar-refractivity contribution in [1.29, 1.82) is 0 Å². The molecular weight excluding hydrogens is 600 g/mol. The number of hydrogen-bond acceptors (Lipinski definition) is 6. The first-order valence-corrected chi connectivity index (χ1v) is 17.4. The molecule has 8 rings (SSSR count). The standard InChI is InChI=1S/C36H50O6.6CH4/c1-16-23-14-26(30-25-12-18(29(23)30)11-24(25)17(2)37)28(16)31-22(32(38)41-33(31)39)9-10-35(3,4)34(40)42-36(5)15-19-13-27(36)21-8-6-7-20(19)21;;;;;;/h16,18-31H,6-15H2,1-5H3;6*1H4. The summed E-state index contributed by atoms with van der Waals surface area (Å²) in [6.45, 7) is 10.1. The predicted molar refractivity (Wildman–Crippen MR) is 195 cm³/mol. The fourth-order valence-electron chi connectivity index (χ4n) is 13.8. The first-order chi connectivity index (χ1) is 19.9. The molecule has 0 aromatic carbocycles. The number of hydrogen-bond donors (Lipinski definition) is 0. The number of rotatable bonds is 7. The number of carbonyl (C=O) groups excluding carboxylic acids is 4. The maximum atomic E-state index is 13.7. The summed E-state index contributed by atoms with van der Waals surface area (Å²) in [5.74, 6) is 5.25. The van der Waals surface area contributed by atoms with Gasteiger partial charge in [0.2, 0.25) is 0 Å². The van der Waals surface area contributed by atoms with Crippen LogP contribution < -0.4 is 0 Å². The molecule has 278 valence electrons. The van der Waals surface area contributed by atoms with Crippen LogP contribution in [0.2, 0.25) is 0 Å². The molecule has 6 heteroatoms. The largest absolute Gasteiger partial charge is 0.459 e. The summed E-state index contributed by atoms with van der Waals surface area (Å²) >= 11 is 0. The summed E-state index contributed by atoms with van der Waals surface area (Å²) in [5.41, 5.74) is -1.11. The van der Waals surface area contributed by atoms with Gasteiger partial charge in [0.1, 0.15) is 11.4 Å². The van der Waals surface area contributed by atoms with Crippen LogP contribution in [0.3, 0.4) is 0 Å². The van der Waals surface area contributed by atoms with Crippen molar-refractivity contribution < 1.29 is 28.7 Å². The Morgan fingerprint density at radius 1 is 0.812 bits per heavy atom. The Morgan fingerprint density at radius 2 is 1.48 bits per heavy atom. The van der Waals surface area contributed by atoms with Gasteiger partial charge in [-0.3, -0.25) is 19.2 Å². The zero-order chi connectivity index (χ0) is 29.5. The van der Waals surface area contributed by atoms with Crippen molar-refractivity contribution in [2.24, 2.45) is 94.2 Å². The summed E-state index contributed by atoms with van der Waals surface area (Å²) in [4.78, 5) is 52.7. The van der Waals surface area contributed by atoms with Crippen molar-refractivity contribution in [2.75, 3.05) is 0 Å². The third-order valence-electron chi connectivity index (χ3n) is 15.3. The van der Waals surface area contributed by atoms with Crippen LogP contribution in [0.1, 0.15) is 143 Å². The first-order valence-electron chi connectivity index (χ1n) is 17.4. The lowest BCUT2D eigenvalue weighted by Gasteiger charge is -2.45. The predicted octanol–water partition coefficient (Wildman–Crippen LogP) is 10.1. The van der Waals surface area contributed by atoms with Gasteiger partial charge < -0.3 is 9.47 Å². The molecule has 8 aliphatic rings. The van der Waals surface area contributed by atoms with Gasteiger partial charge in [0.25, 0.3) is 0 Å². The third kappa shape index (κ3) is 5.73. The van der Waals surface area contributed by atoms with Gasteiger partial charge in [0.15, 0.2) is 0 Å². The van der Waals surface area contributed by atoms with Gasteiger partial charge in [0, 0.05) is 11.8 Å². The average molecular weight is 675 g/mol. The molecule has 1 heterocycles. The highest BCUT2D eigenvalue weighted by atomic mass is 16.6. The molecule has 1 aliphatic heterocycles. The van der Waals surface area contributed by atoms with Crippen molar-refractivity contribution in [3.8, 4) is 0 Å². The smallest absolute Gasteiger partial charge is 0.317 e. The second-order valence-corrected chi connectivity index (χ2v) is 17.3. The van der Waals surface area contributed by atoms with Crippen LogP contribution >= 0.6 is 0 Å². The fraction of sp³-hybridized carbons (Fsp3) is 0.905. The van der Waals surface area contributed by atoms with Crippen molar-refractivity contribution in [2.45, 2.75) is 149 Å². The van der Waals surface area contributed by atoms with Crippen LogP contribution in [-0.2, 0) is 28.7 Å². The Kier molecular flexibility index (Phi) is 12.5. The monoisotopic (exact) mass is 675 g/mol. The lowest BCUT2D eigenvalue weighted by molar-refractivity contribution is -0.178. The lowest BCUT2D eigenvalue weighted by Crippen LogP contribution is -2.46. The molecule has 7 saturated carbocycles. The molecule has 6 bridgehead atoms. The minimum absolute atomic E-state index is 0. The van der Waals surface area contributed by atoms with E-state index in [9.17, 15) is 19.2 Å². The van der Waals surface area contributed by atoms with Gasteiger partial charge in [-0.15, -0.1) is 0 Å². The van der Waals surface area contributed by atoms with E-state index >= 15 is 0 Å². The molecule has 0 spiro atoms. The van der Waals surface area contributed by atoms with Crippen molar-refractivity contribution in [1.82, 2.24) is 0 Å². The first kappa shape index (κ1) is 42.4. The van der Waals surface area contributed by atoms with Crippen LogP contribution in [0.5, 0.6) is 0 Å². The van der Waals surface area contributed by atoms with Crippen LogP contribution in [0, 0.1) is 94.2 Å². The molecule has 1 saturated heterocycles. The Labute approximate surface area is 295 Å². The van der Waals surface area contributed by atoms with E-state index in [0.29, 0.717) is 77.8 Å². The van der Waals surface area contributed by atoms with Crippen LogP contribution in [0.4, 0.5) is 0 Å². The zero-order valence-electron chi connectivity index (χ0n) is 26.2. The molecule has 8 fully saturated rings. The minimum atomic E-state index is -0.735. The van der Waals surface area contributed by atoms with Gasteiger partial charge in [-0.25, -0.2) is 0 Å². The molecule has 16 atom stereocenters. The Balaban J connectivity index is 0.00000133. The normalized spacial score (nSPS) is 46.5. The van der Waals surface area contributed by atoms with Gasteiger partial charge in [0.05, 0.1) is 17.3 Å². The lowest BCUT2D eigenvalue weighted by atomic mass is 9.57. The number of ketones is 1. The third-order valence-corrected chi connectivity index (χ3v) is 15.3. The Morgan fingerprint density at radius 3 is 2.15 bits per heavy atom. The summed E-state index contributed by atoms with van der Waals surface area (Å²) in [6.07, 6.45) is 10.5. The van der Waals surface area contributed by atoms with Crippen LogP contribution in [0.25, 0.3) is 0 Å². The van der Waals surface area contributed by atoms with Crippen molar-refractivity contribution in [3.63, 3.8) is 0 Å². The highest BCUT2D eigenvalue weighted by Gasteiger charge is 2.70. The highest BCUT2D eigenvalue weighted by Crippen LogP contribution is 2.73. The van der Waals surface area contributed by atoms with Crippen molar-refractivity contribution in [3.05, 3.63) is 0 Å². The molecular formula is C42H74O6. The van der Waals surface area contributed by atoms with E-state index in [1.54, 1.807) is 6.92 Å². The molecule has 16 unspecified atom stereocenters. The summed E-state index contributed by atoms with van der Waals surface area (Å²) < 4.78 is 11.8. The molecule has 6 nitrogen and oxygen atoms in total. The van der Waals surface area contributed by atoms with Crippen LogP contribution in [0.15, 0.2) is 0 Å². The Bertz CT molecular complexity index is 1220. The maximum Gasteiger partial charge on any atom is 0.317 e. The Hall–Kier alpha value is -1.72. The molecule has 7 aliphatic carbocycles. The van der Waals surface area contributed by atoms with Gasteiger partial charge in [-0.1, -0.05) is 57.9 Å². The number of fused-ring (bicyclic) bond motifs is 14. The summed E-state index contributed by atoms with van der Waals surface area (Å²) in [5, 5.41) is 0. The quantitative estimate of drug-likeness (QED) is 0.152. The topological polar surface area (TPSA) is 86.7 Å². The van der Waals surface area contributed by atoms with E-state index < -0.39 is 23.2 Å². The molecule has 0 amide bonds. The number of carbonyl (C=O) groups is 4. The van der Waals surface area contributed by atoms with Crippen LogP contribution in [-0.4, -0.2) is 29.3 Å². The van der Waals surface area contributed by atoms with E-state index in [4.69, 9.17) is 9.47 Å². The number of ether oxygens (including phenoxy) is 2. The highest BCUT2D eigenvalue weighted by molar-refractivity contribution is 5.96. The van der Waals surface area contributed by atoms with Gasteiger partial charge in [-0.05, 0) is 151 Å². The maximum absolute atomic E-state index is 13.7. The average Bonchev–Trinajstić information content (AvgIpc) is 3.75. The van der Waals surface area contributed by atoms with E-state index in [2.05, 4.69) is 13.8 Å². The minimum Gasteiger partial charge on any atom is -0.459 e. The summed E-state index contributed by atoms with van der Waals surface area (Å²) in [6, 6.07) is 0. The van der Waals surface area contributed by atoms with Crippen molar-refractivity contribution >= 4 is 23.7 Å². The van der Waals surface area contributed by atoms with E-state index in [1.165, 1.54) is 32.1 Å². The zero-order valence-corrected chi connectivity index (χ0v) is 26.2. The molecule has 48 heavy (non-hydrogen) atoms. The molecule has 0 aromatic heterocycles. The second kappa shape index (κ2) is 14.1. The number of esters is 3. The van der Waals surface area contributed by atoms with E-state index in [0.717, 1.165) is 25.2 Å². The van der Waals surface area contributed by atoms with E-state index in [1.807, 2.05) is 13.8 Å². The van der Waals surface area contributed by atoms with Gasteiger partial charge in [-0.2, -0.15) is 0 Å². The number of cyclic esters (lactones) is 2. The number of Topliss-reactive ketones (excluding diaryl/α,β-unsaturated/α-hetero) is 1. The molecule has 0 N–H and O–H groups in total. The molecule has 0 radical (unpaired) electrons.